The van der Waals surface area contributed by atoms with Gasteiger partial charge in [0.2, 0.25) is 0 Å². The Morgan fingerprint density at radius 3 is 1.85 bits per heavy atom. The molecule has 6 aromatic carbocycles. The monoisotopic (exact) mass is 849 g/mol. The van der Waals surface area contributed by atoms with E-state index in [1.165, 1.54) is 34.5 Å². The van der Waals surface area contributed by atoms with E-state index >= 15 is 4.39 Å². The Morgan fingerprint density at radius 1 is 0.508 bits per heavy atom. The molecule has 1 aliphatic heterocycles. The van der Waals surface area contributed by atoms with Crippen LogP contribution in [0.15, 0.2) is 188 Å². The van der Waals surface area contributed by atoms with E-state index in [0.29, 0.717) is 28.1 Å². The number of anilines is 2. The number of para-hydroxylation sites is 2. The molecule has 65 heavy (non-hydrogen) atoms. The number of benzene rings is 6. The van der Waals surface area contributed by atoms with Crippen LogP contribution in [0.4, 0.5) is 15.8 Å². The van der Waals surface area contributed by atoms with Crippen LogP contribution in [0.3, 0.4) is 0 Å². The average molecular weight is 850 g/mol. The number of hydrogen-bond donors (Lipinski definition) is 1. The highest BCUT2D eigenvalue weighted by molar-refractivity contribution is 5.90. The van der Waals surface area contributed by atoms with Crippen molar-refractivity contribution in [2.45, 2.75) is 64.3 Å². The summed E-state index contributed by atoms with van der Waals surface area (Å²) < 4.78 is 16.1. The van der Waals surface area contributed by atoms with Gasteiger partial charge in [0.25, 0.3) is 0 Å². The van der Waals surface area contributed by atoms with Crippen molar-refractivity contribution in [1.29, 1.82) is 0 Å². The maximum atomic E-state index is 16.1. The lowest BCUT2D eigenvalue weighted by Crippen LogP contribution is -2.28. The van der Waals surface area contributed by atoms with Gasteiger partial charge in [0.15, 0.2) is 0 Å². The van der Waals surface area contributed by atoms with Crippen LogP contribution in [0.1, 0.15) is 64.2 Å². The highest BCUT2D eigenvalue weighted by Gasteiger charge is 2.39. The van der Waals surface area contributed by atoms with Crippen LogP contribution in [0.5, 0.6) is 5.75 Å². The second kappa shape index (κ2) is 16.3. The van der Waals surface area contributed by atoms with Gasteiger partial charge in [-0.1, -0.05) is 169 Å². The fraction of sp³-hybridized carbons (Fsp3) is 0.167. The number of fused-ring (bicyclic) bond motifs is 3. The second-order valence-electron chi connectivity index (χ2n) is 19.4. The molecule has 0 fully saturated rings. The topological polar surface area (TPSA) is 49.2 Å². The first-order valence-corrected chi connectivity index (χ1v) is 22.5. The molecular weight excluding hydrogens is 798 g/mol. The molecule has 3 heterocycles. The van der Waals surface area contributed by atoms with E-state index in [1.807, 2.05) is 48.7 Å². The predicted molar refractivity (Wildman–Crippen MR) is 267 cm³/mol. The van der Waals surface area contributed by atoms with E-state index in [9.17, 15) is 5.11 Å². The summed E-state index contributed by atoms with van der Waals surface area (Å²) in [5.41, 5.74) is 15.3. The van der Waals surface area contributed by atoms with Gasteiger partial charge in [0.1, 0.15) is 11.6 Å². The maximum Gasteiger partial charge on any atom is 0.131 e. The predicted octanol–water partition coefficient (Wildman–Crippen LogP) is 15.6. The molecule has 0 saturated carbocycles. The van der Waals surface area contributed by atoms with Crippen molar-refractivity contribution in [2.75, 3.05) is 4.90 Å². The first-order chi connectivity index (χ1) is 31.3. The van der Waals surface area contributed by atoms with Gasteiger partial charge in [0, 0.05) is 45.6 Å². The molecule has 8 aromatic rings. The summed E-state index contributed by atoms with van der Waals surface area (Å²) in [5.74, 6) is -0.227. The van der Waals surface area contributed by atoms with Crippen LogP contribution in [0.2, 0.25) is 0 Å². The lowest BCUT2D eigenvalue weighted by Gasteiger charge is -2.29. The average Bonchev–Trinajstić information content (AvgIpc) is 3.66. The largest absolute Gasteiger partial charge is 0.507 e. The molecule has 0 radical (unpaired) electrons. The molecule has 10 rings (SSSR count). The van der Waals surface area contributed by atoms with Gasteiger partial charge >= 0.3 is 0 Å². The van der Waals surface area contributed by atoms with E-state index in [4.69, 9.17) is 9.97 Å². The van der Waals surface area contributed by atoms with E-state index in [0.717, 1.165) is 44.8 Å². The smallest absolute Gasteiger partial charge is 0.131 e. The summed E-state index contributed by atoms with van der Waals surface area (Å²) in [5, 5.41) is 11.6. The number of phenols is 1. The number of pyridine rings is 2. The van der Waals surface area contributed by atoms with E-state index in [2.05, 4.69) is 174 Å². The quantitative estimate of drug-likeness (QED) is 0.174. The lowest BCUT2D eigenvalue weighted by molar-refractivity contribution is 0.475. The molecule has 2 unspecified atom stereocenters. The SMILES string of the molecule is CC(C)(C)c1cc(-c2cc(-c3cccc(-c4cc(-c5cccc6c5N(c5ccccc5)C5C=CC=CC65)ccn4)c3)nc(-c3cc(F)c(-c4ccccc4)cc3O)c2)cc(C(C)(C)C)c1. The van der Waals surface area contributed by atoms with Gasteiger partial charge in [-0.2, -0.15) is 0 Å². The van der Waals surface area contributed by atoms with Crippen LogP contribution < -0.4 is 4.90 Å². The highest BCUT2D eigenvalue weighted by Crippen LogP contribution is 2.52. The van der Waals surface area contributed by atoms with Gasteiger partial charge in [0.05, 0.1) is 28.8 Å². The molecule has 1 N–H and O–H groups in total. The number of nitrogens with zero attached hydrogens (tertiary/aromatic N) is 3. The number of rotatable bonds is 7. The third-order valence-electron chi connectivity index (χ3n) is 12.9. The van der Waals surface area contributed by atoms with Crippen molar-refractivity contribution in [3.05, 3.63) is 211 Å². The zero-order valence-electron chi connectivity index (χ0n) is 37.7. The Balaban J connectivity index is 1.10. The molecule has 0 saturated heterocycles. The fourth-order valence-corrected chi connectivity index (χ4v) is 9.34. The lowest BCUT2D eigenvalue weighted by atomic mass is 9.79. The van der Waals surface area contributed by atoms with Crippen molar-refractivity contribution in [3.63, 3.8) is 0 Å². The van der Waals surface area contributed by atoms with Gasteiger partial charge < -0.3 is 10.0 Å². The van der Waals surface area contributed by atoms with Crippen molar-refractivity contribution < 1.29 is 9.50 Å². The third-order valence-corrected chi connectivity index (χ3v) is 12.9. The normalized spacial score (nSPS) is 15.5. The van der Waals surface area contributed by atoms with Crippen molar-refractivity contribution in [1.82, 2.24) is 9.97 Å². The Labute approximate surface area is 382 Å². The standard InChI is InChI=1S/C60H52FN3O/c1-59(2,3)44-30-42(31-45(35-44)60(4,5)6)43-33-54(63-55(34-43)51-36-52(61)50(37-57(51)65)38-17-9-7-10-18-38)41-20-15-19-40(29-41)53-32-39(27-28-62-53)47-24-16-25-49-48-23-13-14-26-56(48)64(58(47)49)46-21-11-8-12-22-46/h7-37,48,56,65H,1-6H3. The molecule has 5 heteroatoms. The van der Waals surface area contributed by atoms with Gasteiger partial charge in [-0.15, -0.1) is 0 Å². The number of hydrogen-bond acceptors (Lipinski definition) is 4. The summed E-state index contributed by atoms with van der Waals surface area (Å²) >= 11 is 0. The number of phenolic OH excluding ortho intramolecular Hbond substituents is 1. The Morgan fingerprint density at radius 2 is 1.12 bits per heavy atom. The molecular formula is C60H52FN3O. The summed E-state index contributed by atoms with van der Waals surface area (Å²) in [7, 11) is 0. The zero-order valence-corrected chi connectivity index (χ0v) is 37.7. The molecule has 2 aromatic heterocycles. The minimum absolute atomic E-state index is 0.0426. The minimum atomic E-state index is -0.432. The zero-order chi connectivity index (χ0) is 45.0. The van der Waals surface area contributed by atoms with Gasteiger partial charge in [-0.3, -0.25) is 4.98 Å². The van der Waals surface area contributed by atoms with Crippen LogP contribution >= 0.6 is 0 Å². The molecule has 4 nitrogen and oxygen atoms in total. The first kappa shape index (κ1) is 41.6. The Kier molecular flexibility index (Phi) is 10.5. The molecule has 2 atom stereocenters. The summed E-state index contributed by atoms with van der Waals surface area (Å²) in [4.78, 5) is 12.6. The molecule has 1 aliphatic carbocycles. The van der Waals surface area contributed by atoms with Crippen molar-refractivity contribution in [2.24, 2.45) is 0 Å². The maximum absolute atomic E-state index is 16.1. The summed E-state index contributed by atoms with van der Waals surface area (Å²) in [6.45, 7) is 13.4. The fourth-order valence-electron chi connectivity index (χ4n) is 9.34. The van der Waals surface area contributed by atoms with Crippen LogP contribution in [0.25, 0.3) is 67.2 Å². The first-order valence-electron chi connectivity index (χ1n) is 22.5. The number of halogens is 1. The molecule has 2 aliphatic rings. The highest BCUT2D eigenvalue weighted by atomic mass is 19.1. The van der Waals surface area contributed by atoms with Gasteiger partial charge in [-0.05, 0) is 104 Å². The minimum Gasteiger partial charge on any atom is -0.507 e. The third kappa shape index (κ3) is 7.97. The van der Waals surface area contributed by atoms with Crippen molar-refractivity contribution >= 4 is 11.4 Å². The molecule has 0 spiro atoms. The summed E-state index contributed by atoms with van der Waals surface area (Å²) in [6.07, 6.45) is 10.8. The molecule has 0 amide bonds. The Hall–Kier alpha value is -7.37. The van der Waals surface area contributed by atoms with Crippen LogP contribution in [0, 0.1) is 5.82 Å². The molecule has 0 bridgehead atoms. The van der Waals surface area contributed by atoms with Gasteiger partial charge in [-0.25, -0.2) is 9.37 Å². The number of aromatic nitrogens is 2. The van der Waals surface area contributed by atoms with E-state index in [1.54, 1.807) is 0 Å². The number of allylic oxidation sites excluding steroid dienone is 2. The van der Waals surface area contributed by atoms with Crippen LogP contribution in [-0.2, 0) is 10.8 Å². The summed E-state index contributed by atoms with van der Waals surface area (Å²) in [6, 6.07) is 53.2. The van der Waals surface area contributed by atoms with Crippen molar-refractivity contribution in [3.8, 4) is 72.9 Å². The number of aromatic hydroxyl groups is 1. The van der Waals surface area contributed by atoms with Crippen LogP contribution in [-0.4, -0.2) is 21.1 Å². The van der Waals surface area contributed by atoms with E-state index in [-0.39, 0.29) is 28.5 Å². The van der Waals surface area contributed by atoms with E-state index < -0.39 is 5.82 Å². The second-order valence-corrected chi connectivity index (χ2v) is 19.4. The Bertz CT molecular complexity index is 3120. The molecule has 320 valence electrons.